The summed E-state index contributed by atoms with van der Waals surface area (Å²) in [6.07, 6.45) is 3.57. The Kier molecular flexibility index (Phi) is 9.35. The topological polar surface area (TPSA) is 138 Å². The maximum absolute atomic E-state index is 13.3. The van der Waals surface area contributed by atoms with Gasteiger partial charge in [-0.2, -0.15) is 5.10 Å². The molecular formula is C31H37FN6O6. The summed E-state index contributed by atoms with van der Waals surface area (Å²) >= 11 is 0. The molecule has 2 aromatic carbocycles. The monoisotopic (exact) mass is 608 g/mol. The number of carbonyl (C=O) groups excluding carboxylic acids is 1. The lowest BCUT2D eigenvalue weighted by Crippen LogP contribution is -2.34. The predicted octanol–water partition coefficient (Wildman–Crippen LogP) is 3.68. The van der Waals surface area contributed by atoms with Crippen LogP contribution >= 0.6 is 0 Å². The Balaban J connectivity index is 1.18. The van der Waals surface area contributed by atoms with E-state index < -0.39 is 5.69 Å². The van der Waals surface area contributed by atoms with Crippen LogP contribution in [-0.4, -0.2) is 91.9 Å². The van der Waals surface area contributed by atoms with E-state index in [-0.39, 0.29) is 54.7 Å². The summed E-state index contributed by atoms with van der Waals surface area (Å²) in [6.45, 7) is 6.32. The van der Waals surface area contributed by atoms with E-state index in [1.165, 1.54) is 16.8 Å². The molecule has 3 heterocycles. The predicted molar refractivity (Wildman–Crippen MR) is 162 cm³/mol. The molecule has 13 heteroatoms. The van der Waals surface area contributed by atoms with Crippen molar-refractivity contribution < 1.29 is 28.9 Å². The Morgan fingerprint density at radius 1 is 1.16 bits per heavy atom. The molecule has 234 valence electrons. The number of aromatic amines is 1. The fraction of sp³-hybridized carbons (Fsp3) is 0.387. The number of hydrogen-bond acceptors (Lipinski definition) is 8. The van der Waals surface area contributed by atoms with Gasteiger partial charge in [-0.05, 0) is 41.8 Å². The van der Waals surface area contributed by atoms with E-state index in [1.54, 1.807) is 22.9 Å². The van der Waals surface area contributed by atoms with Crippen molar-refractivity contribution in [1.82, 2.24) is 29.1 Å². The number of H-pyrrole nitrogens is 1. The molecule has 0 spiro atoms. The molecule has 5 rings (SSSR count). The molecule has 1 aliphatic rings. The third kappa shape index (κ3) is 6.79. The fourth-order valence-corrected chi connectivity index (χ4v) is 5.16. The number of likely N-dealkylation sites (N-methyl/N-ethyl adjacent to an activating group) is 1. The third-order valence-electron chi connectivity index (χ3n) is 7.60. The number of phenolic OH excluding ortho intramolecular Hbond substituents is 2. The summed E-state index contributed by atoms with van der Waals surface area (Å²) in [5, 5.41) is 28.4. The van der Waals surface area contributed by atoms with Crippen molar-refractivity contribution in [2.45, 2.75) is 32.7 Å². The second kappa shape index (κ2) is 13.3. The minimum absolute atomic E-state index is 0.00626. The van der Waals surface area contributed by atoms with Crippen molar-refractivity contribution in [1.29, 1.82) is 0 Å². The molecule has 0 saturated heterocycles. The minimum atomic E-state index is -0.458. The van der Waals surface area contributed by atoms with Gasteiger partial charge >= 0.3 is 5.69 Å². The Hall–Kier alpha value is -4.62. The summed E-state index contributed by atoms with van der Waals surface area (Å²) in [5.74, 6) is -0.383. The summed E-state index contributed by atoms with van der Waals surface area (Å²) < 4.78 is 27.6. The van der Waals surface area contributed by atoms with E-state index in [2.05, 4.69) is 10.2 Å². The second-order valence-corrected chi connectivity index (χ2v) is 11.1. The van der Waals surface area contributed by atoms with Gasteiger partial charge < -0.3 is 34.1 Å². The lowest BCUT2D eigenvalue weighted by Gasteiger charge is -2.25. The molecule has 0 fully saturated rings. The number of carbonyl (C=O) groups is 1. The highest BCUT2D eigenvalue weighted by Crippen LogP contribution is 2.37. The quantitative estimate of drug-likeness (QED) is 0.207. The molecule has 1 aliphatic heterocycles. The molecule has 0 unspecified atom stereocenters. The van der Waals surface area contributed by atoms with Gasteiger partial charge in [0.2, 0.25) is 5.91 Å². The molecule has 3 N–H and O–H groups in total. The van der Waals surface area contributed by atoms with E-state index in [1.807, 2.05) is 48.9 Å². The van der Waals surface area contributed by atoms with Crippen LogP contribution in [0.15, 0.2) is 59.4 Å². The van der Waals surface area contributed by atoms with Crippen molar-refractivity contribution in [3.63, 3.8) is 0 Å². The highest BCUT2D eigenvalue weighted by molar-refractivity contribution is 5.83. The number of halogens is 1. The van der Waals surface area contributed by atoms with E-state index in [0.29, 0.717) is 49.7 Å². The molecular weight excluding hydrogens is 571 g/mol. The molecule has 0 bridgehead atoms. The number of fused-ring (bicyclic) bond motifs is 1. The zero-order valence-corrected chi connectivity index (χ0v) is 25.0. The molecule has 4 aromatic rings. The van der Waals surface area contributed by atoms with Gasteiger partial charge in [0.15, 0.2) is 5.82 Å². The summed E-state index contributed by atoms with van der Waals surface area (Å²) in [6, 6.07) is 10.4. The van der Waals surface area contributed by atoms with Crippen LogP contribution in [0.3, 0.4) is 0 Å². The fourth-order valence-electron chi connectivity index (χ4n) is 5.16. The first kappa shape index (κ1) is 30.8. The van der Waals surface area contributed by atoms with E-state index >= 15 is 0 Å². The van der Waals surface area contributed by atoms with Crippen LogP contribution in [0.1, 0.15) is 31.7 Å². The Morgan fingerprint density at radius 2 is 1.98 bits per heavy atom. The highest BCUT2D eigenvalue weighted by Gasteiger charge is 2.20. The zero-order valence-electron chi connectivity index (χ0n) is 25.0. The third-order valence-corrected chi connectivity index (χ3v) is 7.60. The molecule has 12 nitrogen and oxygen atoms in total. The van der Waals surface area contributed by atoms with Gasteiger partial charge in [0.05, 0.1) is 24.5 Å². The lowest BCUT2D eigenvalue weighted by atomic mass is 9.98. The number of aromatic nitrogens is 4. The summed E-state index contributed by atoms with van der Waals surface area (Å²) in [5.41, 5.74) is 2.02. The number of hydrogen-bond donors (Lipinski definition) is 3. The van der Waals surface area contributed by atoms with Crippen LogP contribution in [0.25, 0.3) is 28.0 Å². The van der Waals surface area contributed by atoms with Crippen LogP contribution in [0.2, 0.25) is 0 Å². The summed E-state index contributed by atoms with van der Waals surface area (Å²) in [7, 11) is 1.72. The SMILES string of the molecule is CC(C)c1cc(-c2n[nH]c(=O)n2-c2ccc3c(ccn3CCOCCN(C)C(=O)CCN3C=C(F)COC3)c2)c(O)cc1O. The van der Waals surface area contributed by atoms with Gasteiger partial charge in [0, 0.05) is 62.5 Å². The van der Waals surface area contributed by atoms with E-state index in [9.17, 15) is 24.2 Å². The Bertz CT molecular complexity index is 1720. The van der Waals surface area contributed by atoms with E-state index in [4.69, 9.17) is 9.47 Å². The summed E-state index contributed by atoms with van der Waals surface area (Å²) in [4.78, 5) is 28.5. The minimum Gasteiger partial charge on any atom is -0.508 e. The number of benzene rings is 2. The van der Waals surface area contributed by atoms with Crippen LogP contribution < -0.4 is 5.69 Å². The average Bonchev–Trinajstić information content (AvgIpc) is 3.58. The number of rotatable bonds is 12. The normalized spacial score (nSPS) is 13.6. The molecule has 1 amide bonds. The van der Waals surface area contributed by atoms with Crippen LogP contribution in [0.5, 0.6) is 11.5 Å². The van der Waals surface area contributed by atoms with Crippen molar-refractivity contribution >= 4 is 16.8 Å². The van der Waals surface area contributed by atoms with Crippen molar-refractivity contribution in [3.8, 4) is 28.6 Å². The van der Waals surface area contributed by atoms with Gasteiger partial charge in [-0.3, -0.25) is 4.79 Å². The number of aromatic hydroxyl groups is 2. The molecule has 0 saturated carbocycles. The largest absolute Gasteiger partial charge is 0.508 e. The first-order chi connectivity index (χ1) is 21.1. The molecule has 44 heavy (non-hydrogen) atoms. The first-order valence-electron chi connectivity index (χ1n) is 14.4. The maximum atomic E-state index is 13.3. The van der Waals surface area contributed by atoms with Gasteiger partial charge in [-0.25, -0.2) is 18.9 Å². The van der Waals surface area contributed by atoms with Crippen molar-refractivity contribution in [2.24, 2.45) is 0 Å². The van der Waals surface area contributed by atoms with Crippen LogP contribution in [0.4, 0.5) is 4.39 Å². The number of nitrogens with zero attached hydrogens (tertiary/aromatic N) is 5. The van der Waals surface area contributed by atoms with Crippen molar-refractivity contribution in [2.75, 3.05) is 46.7 Å². The van der Waals surface area contributed by atoms with Gasteiger partial charge in [0.25, 0.3) is 0 Å². The first-order valence-corrected chi connectivity index (χ1v) is 14.4. The van der Waals surface area contributed by atoms with E-state index in [0.717, 1.165) is 10.9 Å². The second-order valence-electron chi connectivity index (χ2n) is 11.1. The van der Waals surface area contributed by atoms with Crippen molar-refractivity contribution in [3.05, 3.63) is 70.7 Å². The van der Waals surface area contributed by atoms with Gasteiger partial charge in [0.1, 0.15) is 30.7 Å². The number of nitrogens with one attached hydrogen (secondary N) is 1. The van der Waals surface area contributed by atoms with Gasteiger partial charge in [-0.1, -0.05) is 13.8 Å². The highest BCUT2D eigenvalue weighted by atomic mass is 19.1. The van der Waals surface area contributed by atoms with Crippen LogP contribution in [0, 0.1) is 0 Å². The Morgan fingerprint density at radius 3 is 2.75 bits per heavy atom. The molecule has 0 radical (unpaired) electrons. The number of phenols is 2. The number of ether oxygens (including phenoxy) is 2. The molecule has 0 aliphatic carbocycles. The lowest BCUT2D eigenvalue weighted by molar-refractivity contribution is -0.131. The standard InChI is InChI=1S/C31H37FN6O6/c1-20(2)24-15-25(28(40)16-27(24)39)30-33-34-31(42)38(30)23-4-5-26-21(14-23)6-9-37(26)11-13-43-12-10-35(3)29(41)7-8-36-17-22(32)18-44-19-36/h4-6,9,14-17,20,39-40H,7-8,10-13,18-19H2,1-3H3,(H,34,42). The maximum Gasteiger partial charge on any atom is 0.348 e. The average molecular weight is 609 g/mol. The number of amides is 1. The zero-order chi connectivity index (χ0) is 31.4. The van der Waals surface area contributed by atoms with Crippen LogP contribution in [-0.2, 0) is 20.8 Å². The smallest absolute Gasteiger partial charge is 0.348 e. The Labute approximate surface area is 253 Å². The molecule has 0 atom stereocenters. The molecule has 2 aromatic heterocycles. The van der Waals surface area contributed by atoms with Gasteiger partial charge in [-0.15, -0.1) is 0 Å².